The van der Waals surface area contributed by atoms with E-state index in [1.807, 2.05) is 0 Å². The smallest absolute Gasteiger partial charge is 0.124 e. The SMILES string of the molecule is N[C@H](CCF)c1ccc(F)cc1Br. The average molecular weight is 250 g/mol. The van der Waals surface area contributed by atoms with Gasteiger partial charge >= 0.3 is 0 Å². The van der Waals surface area contributed by atoms with Crippen molar-refractivity contribution in [1.82, 2.24) is 0 Å². The predicted molar refractivity (Wildman–Crippen MR) is 51.6 cm³/mol. The molecule has 1 nitrogen and oxygen atoms in total. The van der Waals surface area contributed by atoms with Crippen LogP contribution in [-0.4, -0.2) is 6.67 Å². The molecule has 0 radical (unpaired) electrons. The molecule has 0 bridgehead atoms. The van der Waals surface area contributed by atoms with Gasteiger partial charge in [0.15, 0.2) is 0 Å². The van der Waals surface area contributed by atoms with Gasteiger partial charge in [0.05, 0.1) is 6.67 Å². The molecule has 1 aromatic carbocycles. The number of hydrogen-bond acceptors (Lipinski definition) is 1. The molecule has 0 fully saturated rings. The molecule has 1 rings (SSSR count). The number of alkyl halides is 1. The van der Waals surface area contributed by atoms with E-state index in [1.54, 1.807) is 6.07 Å². The second kappa shape index (κ2) is 4.67. The molecule has 0 saturated carbocycles. The summed E-state index contributed by atoms with van der Waals surface area (Å²) >= 11 is 3.18. The number of halogens is 3. The molecular formula is C9H10BrF2N. The fraction of sp³-hybridized carbons (Fsp3) is 0.333. The molecule has 0 saturated heterocycles. The van der Waals surface area contributed by atoms with Gasteiger partial charge in [0.2, 0.25) is 0 Å². The molecular weight excluding hydrogens is 240 g/mol. The van der Waals surface area contributed by atoms with Crippen molar-refractivity contribution in [3.05, 3.63) is 34.1 Å². The highest BCUT2D eigenvalue weighted by Gasteiger charge is 2.09. The second-order valence-corrected chi connectivity index (χ2v) is 3.60. The van der Waals surface area contributed by atoms with E-state index < -0.39 is 6.67 Å². The van der Waals surface area contributed by atoms with Crippen LogP contribution in [0.5, 0.6) is 0 Å². The van der Waals surface area contributed by atoms with Crippen LogP contribution in [-0.2, 0) is 0 Å². The number of rotatable bonds is 3. The third-order valence-electron chi connectivity index (χ3n) is 1.78. The lowest BCUT2D eigenvalue weighted by molar-refractivity contribution is 0.441. The normalized spacial score (nSPS) is 12.9. The second-order valence-electron chi connectivity index (χ2n) is 2.75. The van der Waals surface area contributed by atoms with Gasteiger partial charge in [-0.2, -0.15) is 0 Å². The summed E-state index contributed by atoms with van der Waals surface area (Å²) in [5, 5.41) is 0. The van der Waals surface area contributed by atoms with E-state index in [1.165, 1.54) is 12.1 Å². The summed E-state index contributed by atoms with van der Waals surface area (Å²) in [5.41, 5.74) is 6.40. The Morgan fingerprint density at radius 2 is 2.15 bits per heavy atom. The minimum Gasteiger partial charge on any atom is -0.324 e. The van der Waals surface area contributed by atoms with Crippen LogP contribution in [0.15, 0.2) is 22.7 Å². The van der Waals surface area contributed by atoms with E-state index in [0.717, 1.165) is 5.56 Å². The van der Waals surface area contributed by atoms with Crippen molar-refractivity contribution in [3.8, 4) is 0 Å². The maximum absolute atomic E-state index is 12.7. The maximum atomic E-state index is 12.7. The van der Waals surface area contributed by atoms with Crippen LogP contribution in [0.2, 0.25) is 0 Å². The lowest BCUT2D eigenvalue weighted by Gasteiger charge is -2.11. The average Bonchev–Trinajstić information content (AvgIpc) is 2.04. The molecule has 72 valence electrons. The fourth-order valence-electron chi connectivity index (χ4n) is 1.08. The molecule has 13 heavy (non-hydrogen) atoms. The first kappa shape index (κ1) is 10.6. The molecule has 0 amide bonds. The highest BCUT2D eigenvalue weighted by Crippen LogP contribution is 2.24. The summed E-state index contributed by atoms with van der Waals surface area (Å²) in [6.45, 7) is -0.467. The van der Waals surface area contributed by atoms with Gasteiger partial charge in [-0.3, -0.25) is 4.39 Å². The Morgan fingerprint density at radius 3 is 2.69 bits per heavy atom. The van der Waals surface area contributed by atoms with Crippen LogP contribution < -0.4 is 5.73 Å². The summed E-state index contributed by atoms with van der Waals surface area (Å²) in [7, 11) is 0. The van der Waals surface area contributed by atoms with Crippen molar-refractivity contribution in [1.29, 1.82) is 0 Å². The Labute approximate surface area is 84.1 Å². The first-order chi connectivity index (χ1) is 6.15. The van der Waals surface area contributed by atoms with E-state index in [2.05, 4.69) is 15.9 Å². The van der Waals surface area contributed by atoms with Crippen molar-refractivity contribution in [3.63, 3.8) is 0 Å². The Hall–Kier alpha value is -0.480. The lowest BCUT2D eigenvalue weighted by atomic mass is 10.1. The zero-order valence-corrected chi connectivity index (χ0v) is 8.52. The number of nitrogens with two attached hydrogens (primary N) is 1. The summed E-state index contributed by atoms with van der Waals surface area (Å²) in [6.07, 6.45) is 0.254. The van der Waals surface area contributed by atoms with E-state index in [9.17, 15) is 8.78 Å². The number of hydrogen-bond donors (Lipinski definition) is 1. The minimum atomic E-state index is -0.467. The van der Waals surface area contributed by atoms with E-state index in [0.29, 0.717) is 4.47 Å². The van der Waals surface area contributed by atoms with E-state index in [4.69, 9.17) is 5.73 Å². The van der Waals surface area contributed by atoms with Gasteiger partial charge in [-0.05, 0) is 24.1 Å². The van der Waals surface area contributed by atoms with Gasteiger partial charge in [0, 0.05) is 10.5 Å². The van der Waals surface area contributed by atoms with Crippen molar-refractivity contribution in [2.75, 3.05) is 6.67 Å². The van der Waals surface area contributed by atoms with Crippen molar-refractivity contribution in [2.45, 2.75) is 12.5 Å². The Balaban J connectivity index is 2.88. The Bertz CT molecular complexity index is 291. The third kappa shape index (κ3) is 2.74. The standard InChI is InChI=1S/C9H10BrF2N/c10-8-5-6(12)1-2-7(8)9(13)3-4-11/h1-2,5,9H,3-4,13H2/t9-/m1/s1. The van der Waals surface area contributed by atoms with Crippen LogP contribution in [0.3, 0.4) is 0 Å². The van der Waals surface area contributed by atoms with Gasteiger partial charge in [0.25, 0.3) is 0 Å². The monoisotopic (exact) mass is 249 g/mol. The van der Waals surface area contributed by atoms with Crippen LogP contribution in [0, 0.1) is 5.82 Å². The van der Waals surface area contributed by atoms with Crippen molar-refractivity contribution in [2.24, 2.45) is 5.73 Å². The minimum absolute atomic E-state index is 0.254. The van der Waals surface area contributed by atoms with Gasteiger partial charge in [-0.25, -0.2) is 4.39 Å². The van der Waals surface area contributed by atoms with Crippen molar-refractivity contribution < 1.29 is 8.78 Å². The third-order valence-corrected chi connectivity index (χ3v) is 2.47. The predicted octanol–water partition coefficient (Wildman–Crippen LogP) is 2.95. The highest BCUT2D eigenvalue weighted by atomic mass is 79.9. The Kier molecular flexibility index (Phi) is 3.81. The molecule has 1 aromatic rings. The zero-order chi connectivity index (χ0) is 9.84. The topological polar surface area (TPSA) is 26.0 Å². The van der Waals surface area contributed by atoms with Gasteiger partial charge in [-0.15, -0.1) is 0 Å². The quantitative estimate of drug-likeness (QED) is 0.876. The molecule has 0 spiro atoms. The molecule has 0 heterocycles. The van der Waals surface area contributed by atoms with Gasteiger partial charge in [-0.1, -0.05) is 22.0 Å². The van der Waals surface area contributed by atoms with Crippen LogP contribution >= 0.6 is 15.9 Å². The van der Waals surface area contributed by atoms with E-state index in [-0.39, 0.29) is 18.3 Å². The maximum Gasteiger partial charge on any atom is 0.124 e. The molecule has 2 N–H and O–H groups in total. The highest BCUT2D eigenvalue weighted by molar-refractivity contribution is 9.10. The van der Waals surface area contributed by atoms with E-state index >= 15 is 0 Å². The first-order valence-electron chi connectivity index (χ1n) is 3.91. The Morgan fingerprint density at radius 1 is 1.46 bits per heavy atom. The largest absolute Gasteiger partial charge is 0.324 e. The lowest BCUT2D eigenvalue weighted by Crippen LogP contribution is -2.11. The van der Waals surface area contributed by atoms with Crippen molar-refractivity contribution >= 4 is 15.9 Å². The summed E-state index contributed by atoms with van der Waals surface area (Å²) in [4.78, 5) is 0. The molecule has 4 heteroatoms. The molecule has 1 atom stereocenters. The summed E-state index contributed by atoms with van der Waals surface area (Å²) < 4.78 is 25.2. The number of benzene rings is 1. The van der Waals surface area contributed by atoms with Gasteiger partial charge < -0.3 is 5.73 Å². The molecule has 0 aliphatic rings. The van der Waals surface area contributed by atoms with Gasteiger partial charge in [0.1, 0.15) is 5.82 Å². The molecule has 0 aliphatic carbocycles. The molecule has 0 unspecified atom stereocenters. The zero-order valence-electron chi connectivity index (χ0n) is 6.93. The van der Waals surface area contributed by atoms with Crippen LogP contribution in [0.4, 0.5) is 8.78 Å². The molecule has 0 aliphatic heterocycles. The fourth-order valence-corrected chi connectivity index (χ4v) is 1.72. The van der Waals surface area contributed by atoms with Crippen LogP contribution in [0.25, 0.3) is 0 Å². The first-order valence-corrected chi connectivity index (χ1v) is 4.71. The summed E-state index contributed by atoms with van der Waals surface area (Å²) in [6, 6.07) is 3.84. The van der Waals surface area contributed by atoms with Crippen LogP contribution in [0.1, 0.15) is 18.0 Å². The summed E-state index contributed by atoms with van der Waals surface area (Å²) in [5.74, 6) is -0.330. The molecule has 0 aromatic heterocycles.